The van der Waals surface area contributed by atoms with E-state index in [0.29, 0.717) is 10.0 Å². The van der Waals surface area contributed by atoms with E-state index in [1.807, 2.05) is 18.2 Å². The van der Waals surface area contributed by atoms with Gasteiger partial charge in [0, 0.05) is 4.90 Å². The molecule has 0 aliphatic rings. The van der Waals surface area contributed by atoms with Crippen LogP contribution in [0.4, 0.5) is 5.69 Å². The molecule has 0 amide bonds. The van der Waals surface area contributed by atoms with E-state index in [1.165, 1.54) is 4.90 Å². The number of halogens is 2. The fourth-order valence-corrected chi connectivity index (χ4v) is 2.14. The van der Waals surface area contributed by atoms with E-state index in [9.17, 15) is 0 Å². The standard InChI is InChI=1S/C14H12Cl2N2S/c1-19-12-5-2-10(3-6-12)9-17-18-11-4-7-13(15)14(16)8-11/h2-9,18H,1H3/b17-9+. The number of hydrogen-bond acceptors (Lipinski definition) is 3. The van der Waals surface area contributed by atoms with Gasteiger partial charge in [-0.05, 0) is 42.2 Å². The first-order valence-corrected chi connectivity index (χ1v) is 7.55. The molecule has 0 saturated carbocycles. The molecule has 0 aliphatic carbocycles. The number of hydrazone groups is 1. The summed E-state index contributed by atoms with van der Waals surface area (Å²) in [6, 6.07) is 13.4. The lowest BCUT2D eigenvalue weighted by Gasteiger charge is -2.02. The average molecular weight is 311 g/mol. The first kappa shape index (κ1) is 14.3. The van der Waals surface area contributed by atoms with Crippen LogP contribution in [0.1, 0.15) is 5.56 Å². The monoisotopic (exact) mass is 310 g/mol. The lowest BCUT2D eigenvalue weighted by atomic mass is 10.2. The van der Waals surface area contributed by atoms with Crippen LogP contribution >= 0.6 is 35.0 Å². The fraction of sp³-hybridized carbons (Fsp3) is 0.0714. The molecule has 0 heterocycles. The van der Waals surface area contributed by atoms with Gasteiger partial charge in [-0.2, -0.15) is 5.10 Å². The SMILES string of the molecule is CSc1ccc(/C=N/Nc2ccc(Cl)c(Cl)c2)cc1. The van der Waals surface area contributed by atoms with Gasteiger partial charge in [-0.15, -0.1) is 11.8 Å². The summed E-state index contributed by atoms with van der Waals surface area (Å²) >= 11 is 13.5. The molecule has 0 radical (unpaired) electrons. The fourth-order valence-electron chi connectivity index (χ4n) is 1.44. The summed E-state index contributed by atoms with van der Waals surface area (Å²) in [4.78, 5) is 1.23. The van der Waals surface area contributed by atoms with Gasteiger partial charge in [0.25, 0.3) is 0 Å². The van der Waals surface area contributed by atoms with Crippen LogP contribution in [0.3, 0.4) is 0 Å². The van der Waals surface area contributed by atoms with Gasteiger partial charge in [0.15, 0.2) is 0 Å². The van der Waals surface area contributed by atoms with Crippen LogP contribution in [0, 0.1) is 0 Å². The van der Waals surface area contributed by atoms with Gasteiger partial charge in [0.05, 0.1) is 21.9 Å². The van der Waals surface area contributed by atoms with Gasteiger partial charge >= 0.3 is 0 Å². The van der Waals surface area contributed by atoms with Crippen LogP contribution in [-0.2, 0) is 0 Å². The molecule has 1 N–H and O–H groups in total. The lowest BCUT2D eigenvalue weighted by molar-refractivity contribution is 1.35. The third-order valence-corrected chi connectivity index (χ3v) is 3.93. The molecule has 2 nitrogen and oxygen atoms in total. The van der Waals surface area contributed by atoms with E-state index in [0.717, 1.165) is 11.3 Å². The third kappa shape index (κ3) is 4.16. The minimum atomic E-state index is 0.506. The number of thioether (sulfide) groups is 1. The number of anilines is 1. The maximum absolute atomic E-state index is 5.92. The second-order valence-corrected chi connectivity index (χ2v) is 5.47. The summed E-state index contributed by atoms with van der Waals surface area (Å²) in [6.45, 7) is 0. The number of nitrogens with one attached hydrogen (secondary N) is 1. The Labute approximate surface area is 126 Å². The van der Waals surface area contributed by atoms with Gasteiger partial charge in [0.1, 0.15) is 0 Å². The Morgan fingerprint density at radius 3 is 2.42 bits per heavy atom. The Hall–Kier alpha value is -1.16. The summed E-state index contributed by atoms with van der Waals surface area (Å²) in [5.41, 5.74) is 4.74. The van der Waals surface area contributed by atoms with Crippen molar-refractivity contribution in [2.24, 2.45) is 5.10 Å². The smallest absolute Gasteiger partial charge is 0.0613 e. The molecular weight excluding hydrogens is 299 g/mol. The first-order valence-electron chi connectivity index (χ1n) is 5.57. The molecule has 0 aromatic heterocycles. The minimum Gasteiger partial charge on any atom is -0.278 e. The second-order valence-electron chi connectivity index (χ2n) is 3.77. The van der Waals surface area contributed by atoms with Crippen LogP contribution in [0.25, 0.3) is 0 Å². The predicted molar refractivity (Wildman–Crippen MR) is 85.9 cm³/mol. The predicted octanol–water partition coefficient (Wildman–Crippen LogP) is 5.16. The quantitative estimate of drug-likeness (QED) is 0.479. The number of rotatable bonds is 4. The third-order valence-electron chi connectivity index (χ3n) is 2.44. The summed E-state index contributed by atoms with van der Waals surface area (Å²) in [5, 5.41) is 5.19. The number of hydrogen-bond donors (Lipinski definition) is 1. The molecule has 0 bridgehead atoms. The molecule has 2 aromatic carbocycles. The second kappa shape index (κ2) is 6.85. The van der Waals surface area contributed by atoms with Crippen molar-refractivity contribution in [2.45, 2.75) is 4.90 Å². The molecule has 0 unspecified atom stereocenters. The van der Waals surface area contributed by atoms with Gasteiger partial charge in [-0.25, -0.2) is 0 Å². The highest BCUT2D eigenvalue weighted by molar-refractivity contribution is 7.98. The van der Waals surface area contributed by atoms with Gasteiger partial charge in [-0.3, -0.25) is 5.43 Å². The van der Waals surface area contributed by atoms with Crippen molar-refractivity contribution in [1.29, 1.82) is 0 Å². The van der Waals surface area contributed by atoms with E-state index < -0.39 is 0 Å². The Morgan fingerprint density at radius 2 is 1.79 bits per heavy atom. The van der Waals surface area contributed by atoms with Crippen molar-refractivity contribution in [3.8, 4) is 0 Å². The Balaban J connectivity index is 2.00. The summed E-state index contributed by atoms with van der Waals surface area (Å²) in [7, 11) is 0. The Bertz CT molecular complexity index is 582. The van der Waals surface area contributed by atoms with Crippen LogP contribution in [0.5, 0.6) is 0 Å². The minimum absolute atomic E-state index is 0.506. The zero-order valence-corrected chi connectivity index (χ0v) is 12.6. The van der Waals surface area contributed by atoms with Crippen molar-refractivity contribution in [2.75, 3.05) is 11.7 Å². The highest BCUT2D eigenvalue weighted by Gasteiger charge is 1.97. The summed E-state index contributed by atoms with van der Waals surface area (Å²) in [6.07, 6.45) is 3.81. The molecule has 0 saturated heterocycles. The van der Waals surface area contributed by atoms with Crippen LogP contribution < -0.4 is 5.43 Å². The lowest BCUT2D eigenvalue weighted by Crippen LogP contribution is -1.90. The Kier molecular flexibility index (Phi) is 5.14. The molecule has 0 spiro atoms. The van der Waals surface area contributed by atoms with E-state index in [4.69, 9.17) is 23.2 Å². The maximum Gasteiger partial charge on any atom is 0.0613 e. The highest BCUT2D eigenvalue weighted by atomic mass is 35.5. The molecule has 2 rings (SSSR count). The van der Waals surface area contributed by atoms with Gasteiger partial charge in [0.2, 0.25) is 0 Å². The Morgan fingerprint density at radius 1 is 1.05 bits per heavy atom. The zero-order valence-electron chi connectivity index (χ0n) is 10.2. The molecular formula is C14H12Cl2N2S. The van der Waals surface area contributed by atoms with Crippen LogP contribution in [0.15, 0.2) is 52.5 Å². The van der Waals surface area contributed by atoms with E-state index >= 15 is 0 Å². The van der Waals surface area contributed by atoms with E-state index in [1.54, 1.807) is 30.1 Å². The van der Waals surface area contributed by atoms with E-state index in [2.05, 4.69) is 28.9 Å². The molecule has 0 aliphatic heterocycles. The van der Waals surface area contributed by atoms with Crippen LogP contribution in [0.2, 0.25) is 10.0 Å². The van der Waals surface area contributed by atoms with Crippen molar-refractivity contribution < 1.29 is 0 Å². The summed E-state index contributed by atoms with van der Waals surface area (Å²) < 4.78 is 0. The van der Waals surface area contributed by atoms with Crippen LogP contribution in [-0.4, -0.2) is 12.5 Å². The molecule has 98 valence electrons. The van der Waals surface area contributed by atoms with E-state index in [-0.39, 0.29) is 0 Å². The largest absolute Gasteiger partial charge is 0.278 e. The van der Waals surface area contributed by atoms with Gasteiger partial charge in [-0.1, -0.05) is 35.3 Å². The molecule has 0 fully saturated rings. The normalized spacial score (nSPS) is 10.9. The van der Waals surface area contributed by atoms with Crippen molar-refractivity contribution in [3.05, 3.63) is 58.1 Å². The maximum atomic E-state index is 5.92. The topological polar surface area (TPSA) is 24.4 Å². The molecule has 19 heavy (non-hydrogen) atoms. The van der Waals surface area contributed by atoms with Crippen molar-refractivity contribution in [3.63, 3.8) is 0 Å². The van der Waals surface area contributed by atoms with Crippen molar-refractivity contribution in [1.82, 2.24) is 0 Å². The van der Waals surface area contributed by atoms with Gasteiger partial charge < -0.3 is 0 Å². The molecule has 0 atom stereocenters. The molecule has 2 aromatic rings. The summed E-state index contributed by atoms with van der Waals surface area (Å²) in [5.74, 6) is 0. The average Bonchev–Trinajstić information content (AvgIpc) is 2.43. The zero-order chi connectivity index (χ0) is 13.7. The molecule has 5 heteroatoms. The number of benzene rings is 2. The highest BCUT2D eigenvalue weighted by Crippen LogP contribution is 2.24. The number of nitrogens with zero attached hydrogens (tertiary/aromatic N) is 1. The first-order chi connectivity index (χ1) is 9.19. The van der Waals surface area contributed by atoms with Crippen molar-refractivity contribution >= 4 is 46.9 Å².